The lowest BCUT2D eigenvalue weighted by Crippen LogP contribution is -2.61. The summed E-state index contributed by atoms with van der Waals surface area (Å²) < 4.78 is 32.1. The molecule has 4 aromatic carbocycles. The monoisotopic (exact) mass is 588 g/mol. The Hall–Kier alpha value is -4.73. The molecule has 9 rings (SSSR count). The van der Waals surface area contributed by atoms with E-state index in [-0.39, 0.29) is 17.4 Å². The van der Waals surface area contributed by atoms with E-state index in [1.54, 1.807) is 31.2 Å². The highest BCUT2D eigenvalue weighted by Crippen LogP contribution is 2.54. The van der Waals surface area contributed by atoms with Gasteiger partial charge in [0.2, 0.25) is 0 Å². The number of likely N-dealkylation sites (N-methyl/N-ethyl adjacent to an activating group) is 1. The van der Waals surface area contributed by atoms with Crippen LogP contribution in [0.25, 0.3) is 43.6 Å². The lowest BCUT2D eigenvalue weighted by Gasteiger charge is -2.50. The van der Waals surface area contributed by atoms with Gasteiger partial charge in [0.1, 0.15) is 18.1 Å². The van der Waals surface area contributed by atoms with E-state index < -0.39 is 29.9 Å². The molecule has 2 unspecified atom stereocenters. The number of rotatable bonds is 3. The fraction of sp³-hybridized carbons (Fsp3) is 0.257. The first kappa shape index (κ1) is 25.7. The molecule has 2 bridgehead atoms. The zero-order chi connectivity index (χ0) is 30.1. The SMILES string of the molecule is COC1C(N(C)C(=O)c2cccc(F)c2)C[C@@H]2O[C@@]1(C)n1c3ccccc3c3c4c(c5c6ccccc6n2c5c31)C(=O)NC4. The third kappa shape index (κ3) is 3.03. The minimum absolute atomic E-state index is 0.0750. The molecule has 1 saturated heterocycles. The molecule has 2 aromatic heterocycles. The molecular weight excluding hydrogens is 559 g/mol. The van der Waals surface area contributed by atoms with Crippen LogP contribution in [0.2, 0.25) is 0 Å². The van der Waals surface area contributed by atoms with Gasteiger partial charge in [0.15, 0.2) is 5.72 Å². The highest BCUT2D eigenvalue weighted by atomic mass is 19.1. The fourth-order valence-corrected chi connectivity index (χ4v) is 8.37. The first-order valence-corrected chi connectivity index (χ1v) is 14.9. The normalized spacial score (nSPS) is 23.9. The summed E-state index contributed by atoms with van der Waals surface area (Å²) in [5.41, 5.74) is 4.75. The van der Waals surface area contributed by atoms with Crippen LogP contribution in [0, 0.1) is 5.82 Å². The summed E-state index contributed by atoms with van der Waals surface area (Å²) in [5.74, 6) is -0.832. The van der Waals surface area contributed by atoms with Crippen LogP contribution < -0.4 is 5.32 Å². The third-order valence-corrected chi connectivity index (χ3v) is 10.1. The Balaban J connectivity index is 1.41. The largest absolute Gasteiger partial charge is 0.374 e. The van der Waals surface area contributed by atoms with Crippen molar-refractivity contribution in [2.75, 3.05) is 14.2 Å². The summed E-state index contributed by atoms with van der Waals surface area (Å²) in [7, 11) is 3.40. The Morgan fingerprint density at radius 2 is 1.75 bits per heavy atom. The van der Waals surface area contributed by atoms with Crippen molar-refractivity contribution < 1.29 is 23.5 Å². The van der Waals surface area contributed by atoms with Crippen LogP contribution in [0.5, 0.6) is 0 Å². The maximum absolute atomic E-state index is 14.2. The molecule has 8 nitrogen and oxygen atoms in total. The van der Waals surface area contributed by atoms with Gasteiger partial charge in [0, 0.05) is 54.2 Å². The molecule has 0 aliphatic carbocycles. The standard InChI is InChI=1S/C35H29FN4O4/c1-35-32(43-3)25(38(2)34(42)18-9-8-10-19(36)15-18)16-26(44-35)39-23-13-6-4-11-20(23)28-29-22(17-37-33(29)41)27-21-12-5-7-14-24(21)40(35)31(27)30(28)39/h4-15,25-26,32H,16-17H2,1-3H3,(H,37,41)/t25?,26-,32?,35+/m0/s1. The molecule has 0 radical (unpaired) electrons. The van der Waals surface area contributed by atoms with Gasteiger partial charge >= 0.3 is 0 Å². The highest BCUT2D eigenvalue weighted by Gasteiger charge is 2.55. The molecule has 2 amide bonds. The van der Waals surface area contributed by atoms with Crippen LogP contribution in [0.1, 0.15) is 45.9 Å². The zero-order valence-electron chi connectivity index (χ0n) is 24.4. The second-order valence-electron chi connectivity index (χ2n) is 12.2. The Morgan fingerprint density at radius 1 is 1.02 bits per heavy atom. The molecular formula is C35H29FN4O4. The van der Waals surface area contributed by atoms with Crippen molar-refractivity contribution in [3.8, 4) is 0 Å². The number of nitrogens with one attached hydrogen (secondary N) is 1. The van der Waals surface area contributed by atoms with Gasteiger partial charge in [-0.2, -0.15) is 0 Å². The Labute approximate surface area is 251 Å². The van der Waals surface area contributed by atoms with E-state index >= 15 is 0 Å². The van der Waals surface area contributed by atoms with E-state index in [1.807, 2.05) is 31.2 Å². The predicted molar refractivity (Wildman–Crippen MR) is 165 cm³/mol. The minimum Gasteiger partial charge on any atom is -0.374 e. The van der Waals surface area contributed by atoms with E-state index in [1.165, 1.54) is 12.1 Å². The van der Waals surface area contributed by atoms with E-state index in [0.29, 0.717) is 18.5 Å². The lowest BCUT2D eigenvalue weighted by atomic mass is 9.91. The van der Waals surface area contributed by atoms with Crippen molar-refractivity contribution in [1.29, 1.82) is 0 Å². The number of fused-ring (bicyclic) bond motifs is 13. The number of hydrogen-bond donors (Lipinski definition) is 1. The smallest absolute Gasteiger partial charge is 0.254 e. The molecule has 3 aliphatic rings. The van der Waals surface area contributed by atoms with Crippen LogP contribution >= 0.6 is 0 Å². The molecule has 4 atom stereocenters. The third-order valence-electron chi connectivity index (χ3n) is 10.1. The van der Waals surface area contributed by atoms with Crippen LogP contribution in [0.3, 0.4) is 0 Å². The van der Waals surface area contributed by atoms with Gasteiger partial charge in [-0.15, -0.1) is 0 Å². The molecule has 1 N–H and O–H groups in total. The van der Waals surface area contributed by atoms with Crippen molar-refractivity contribution in [1.82, 2.24) is 19.4 Å². The van der Waals surface area contributed by atoms with E-state index in [4.69, 9.17) is 9.47 Å². The Morgan fingerprint density at radius 3 is 2.50 bits per heavy atom. The van der Waals surface area contributed by atoms with Gasteiger partial charge in [-0.1, -0.05) is 42.5 Å². The molecule has 3 aliphatic heterocycles. The quantitative estimate of drug-likeness (QED) is 0.273. The van der Waals surface area contributed by atoms with Crippen molar-refractivity contribution in [2.24, 2.45) is 0 Å². The second kappa shape index (κ2) is 8.68. The zero-order valence-corrected chi connectivity index (χ0v) is 24.4. The molecule has 9 heteroatoms. The van der Waals surface area contributed by atoms with Gasteiger partial charge in [-0.05, 0) is 42.8 Å². The van der Waals surface area contributed by atoms with E-state index in [2.05, 4.69) is 38.7 Å². The summed E-state index contributed by atoms with van der Waals surface area (Å²) in [4.78, 5) is 29.1. The van der Waals surface area contributed by atoms with Crippen molar-refractivity contribution in [3.63, 3.8) is 0 Å². The van der Waals surface area contributed by atoms with Gasteiger partial charge in [0.25, 0.3) is 11.8 Å². The molecule has 1 fully saturated rings. The summed E-state index contributed by atoms with van der Waals surface area (Å²) in [6.45, 7) is 2.47. The lowest BCUT2D eigenvalue weighted by molar-refractivity contribution is -0.264. The van der Waals surface area contributed by atoms with Crippen LogP contribution in [-0.2, 0) is 21.7 Å². The Kier molecular flexibility index (Phi) is 5.08. The van der Waals surface area contributed by atoms with Gasteiger partial charge < -0.3 is 28.8 Å². The molecule has 6 aromatic rings. The molecule has 44 heavy (non-hydrogen) atoms. The average Bonchev–Trinajstić information content (AvgIpc) is 3.67. The number of halogens is 1. The Bertz CT molecular complexity index is 2250. The first-order chi connectivity index (χ1) is 21.3. The molecule has 0 saturated carbocycles. The minimum atomic E-state index is -1.06. The van der Waals surface area contributed by atoms with Crippen molar-refractivity contribution >= 4 is 55.4 Å². The van der Waals surface area contributed by atoms with E-state index in [0.717, 1.165) is 49.2 Å². The summed E-state index contributed by atoms with van der Waals surface area (Å²) in [5, 5.41) is 7.05. The fourth-order valence-electron chi connectivity index (χ4n) is 8.37. The number of methoxy groups -OCH3 is 1. The number of ether oxygens (including phenoxy) is 2. The number of carbonyl (C=O) groups excluding carboxylic acids is 2. The second-order valence-corrected chi connectivity index (χ2v) is 12.2. The first-order valence-electron chi connectivity index (χ1n) is 14.9. The number of nitrogens with zero attached hydrogens (tertiary/aromatic N) is 3. The van der Waals surface area contributed by atoms with Crippen LogP contribution in [0.4, 0.5) is 4.39 Å². The predicted octanol–water partition coefficient (Wildman–Crippen LogP) is 6.05. The highest BCUT2D eigenvalue weighted by molar-refractivity contribution is 6.31. The number of benzene rings is 4. The van der Waals surface area contributed by atoms with Crippen molar-refractivity contribution in [2.45, 2.75) is 44.0 Å². The van der Waals surface area contributed by atoms with Gasteiger partial charge in [-0.3, -0.25) is 9.59 Å². The summed E-state index contributed by atoms with van der Waals surface area (Å²) in [6, 6.07) is 21.7. The molecule has 220 valence electrons. The molecule has 0 spiro atoms. The maximum atomic E-state index is 14.2. The number of para-hydroxylation sites is 2. The van der Waals surface area contributed by atoms with Crippen LogP contribution in [0.15, 0.2) is 72.8 Å². The number of amides is 2. The van der Waals surface area contributed by atoms with Crippen molar-refractivity contribution in [3.05, 3.63) is 95.3 Å². The van der Waals surface area contributed by atoms with E-state index in [9.17, 15) is 14.0 Å². The number of hydrogen-bond acceptors (Lipinski definition) is 4. The van der Waals surface area contributed by atoms with Gasteiger partial charge in [-0.25, -0.2) is 4.39 Å². The summed E-state index contributed by atoms with van der Waals surface area (Å²) in [6.07, 6.45) is -0.655. The number of aromatic nitrogens is 2. The topological polar surface area (TPSA) is 77.7 Å². The summed E-state index contributed by atoms with van der Waals surface area (Å²) >= 11 is 0. The number of carbonyl (C=O) groups is 2. The van der Waals surface area contributed by atoms with Gasteiger partial charge in [0.05, 0.1) is 33.7 Å². The maximum Gasteiger partial charge on any atom is 0.254 e. The van der Waals surface area contributed by atoms with Crippen LogP contribution in [-0.4, -0.2) is 52.2 Å². The average molecular weight is 589 g/mol. The molecule has 5 heterocycles.